The summed E-state index contributed by atoms with van der Waals surface area (Å²) < 4.78 is 10.7. The monoisotopic (exact) mass is 460 g/mol. The molecule has 0 saturated carbocycles. The number of hydrogen-bond donors (Lipinski definition) is 0. The summed E-state index contributed by atoms with van der Waals surface area (Å²) in [7, 11) is 1.64. The van der Waals surface area contributed by atoms with E-state index in [0.717, 1.165) is 69.6 Å². The van der Waals surface area contributed by atoms with Gasteiger partial charge in [-0.05, 0) is 67.9 Å². The van der Waals surface area contributed by atoms with Crippen molar-refractivity contribution < 1.29 is 14.1 Å². The summed E-state index contributed by atoms with van der Waals surface area (Å²) in [6.45, 7) is 3.27. The fraction of sp³-hybridized carbons (Fsp3) is 0.444. The number of carbonyl (C=O) groups is 1. The largest absolute Gasteiger partial charge is 0.497 e. The minimum Gasteiger partial charge on any atom is -0.497 e. The van der Waals surface area contributed by atoms with Crippen LogP contribution in [0.15, 0.2) is 59.1 Å². The highest BCUT2D eigenvalue weighted by Crippen LogP contribution is 2.28. The molecule has 0 atom stereocenters. The van der Waals surface area contributed by atoms with E-state index in [1.165, 1.54) is 5.56 Å². The van der Waals surface area contributed by atoms with E-state index in [2.05, 4.69) is 50.3 Å². The Morgan fingerprint density at radius 3 is 2.35 bits per heavy atom. The summed E-state index contributed by atoms with van der Waals surface area (Å²) in [4.78, 5) is 21.9. The molecule has 0 spiro atoms. The first-order chi connectivity index (χ1) is 16.7. The lowest BCUT2D eigenvalue weighted by Gasteiger charge is -2.37. The van der Waals surface area contributed by atoms with E-state index in [0.29, 0.717) is 23.7 Å². The van der Waals surface area contributed by atoms with E-state index in [1.54, 1.807) is 7.11 Å². The number of anilines is 1. The Bertz CT molecular complexity index is 1070. The second-order valence-corrected chi connectivity index (χ2v) is 9.35. The first-order valence-corrected chi connectivity index (χ1v) is 12.3. The second-order valence-electron chi connectivity index (χ2n) is 9.35. The summed E-state index contributed by atoms with van der Waals surface area (Å²) in [6.07, 6.45) is 4.95. The molecule has 0 unspecified atom stereocenters. The summed E-state index contributed by atoms with van der Waals surface area (Å²) in [5.74, 6) is 2.44. The van der Waals surface area contributed by atoms with Crippen molar-refractivity contribution in [1.82, 2.24) is 15.0 Å². The first kappa shape index (κ1) is 22.4. The van der Waals surface area contributed by atoms with Gasteiger partial charge in [0.1, 0.15) is 5.75 Å². The lowest BCUT2D eigenvalue weighted by molar-refractivity contribution is -0.137. The highest BCUT2D eigenvalue weighted by molar-refractivity contribution is 5.79. The van der Waals surface area contributed by atoms with Crippen LogP contribution in [-0.4, -0.2) is 54.2 Å². The fourth-order valence-electron chi connectivity index (χ4n) is 5.08. The first-order valence-electron chi connectivity index (χ1n) is 12.3. The molecule has 2 saturated heterocycles. The van der Waals surface area contributed by atoms with Crippen LogP contribution in [0.4, 0.5) is 6.01 Å². The van der Waals surface area contributed by atoms with Crippen LogP contribution in [-0.2, 0) is 11.2 Å². The third-order valence-electron chi connectivity index (χ3n) is 7.17. The van der Waals surface area contributed by atoms with Crippen molar-refractivity contribution in [1.29, 1.82) is 0 Å². The molecule has 34 heavy (non-hydrogen) atoms. The van der Waals surface area contributed by atoms with Crippen LogP contribution in [0.3, 0.4) is 0 Å². The van der Waals surface area contributed by atoms with E-state index >= 15 is 0 Å². The number of aromatic nitrogens is 2. The van der Waals surface area contributed by atoms with Crippen LogP contribution in [0.5, 0.6) is 5.75 Å². The Morgan fingerprint density at radius 1 is 0.971 bits per heavy atom. The average molecular weight is 461 g/mol. The zero-order chi connectivity index (χ0) is 23.3. The van der Waals surface area contributed by atoms with Gasteiger partial charge in [-0.2, -0.15) is 4.98 Å². The van der Waals surface area contributed by atoms with Crippen LogP contribution in [0.1, 0.15) is 31.2 Å². The Hall–Kier alpha value is -3.35. The third kappa shape index (κ3) is 5.08. The van der Waals surface area contributed by atoms with Gasteiger partial charge in [0.15, 0.2) is 0 Å². The van der Waals surface area contributed by atoms with E-state index in [4.69, 9.17) is 9.26 Å². The molecule has 178 valence electrons. The minimum absolute atomic E-state index is 0.0888. The molecule has 0 N–H and O–H groups in total. The van der Waals surface area contributed by atoms with Crippen LogP contribution in [0.2, 0.25) is 0 Å². The lowest BCUT2D eigenvalue weighted by Crippen LogP contribution is -2.45. The molecule has 0 aliphatic carbocycles. The van der Waals surface area contributed by atoms with E-state index in [1.807, 2.05) is 24.3 Å². The molecule has 5 rings (SSSR count). The predicted molar refractivity (Wildman–Crippen MR) is 131 cm³/mol. The summed E-state index contributed by atoms with van der Waals surface area (Å²) >= 11 is 0. The van der Waals surface area contributed by atoms with Gasteiger partial charge in [0, 0.05) is 37.7 Å². The molecule has 0 bridgehead atoms. The molecule has 2 aliphatic rings. The van der Waals surface area contributed by atoms with Crippen molar-refractivity contribution in [2.24, 2.45) is 11.8 Å². The molecular weight excluding hydrogens is 428 g/mol. The summed E-state index contributed by atoms with van der Waals surface area (Å²) in [6, 6.07) is 18.8. The number of methoxy groups -OCH3 is 1. The smallest absolute Gasteiger partial charge is 0.324 e. The van der Waals surface area contributed by atoms with Gasteiger partial charge in [0.25, 0.3) is 0 Å². The Balaban J connectivity index is 1.10. The van der Waals surface area contributed by atoms with Gasteiger partial charge in [-0.25, -0.2) is 0 Å². The Labute approximate surface area is 200 Å². The number of likely N-dealkylation sites (tertiary alicyclic amines) is 1. The maximum Gasteiger partial charge on any atom is 0.324 e. The molecule has 3 heterocycles. The SMILES string of the molecule is COc1ccc(-c2noc(N3CCC(C(=O)N4CCC(Cc5ccccc5)CC4)CC3)n2)cc1. The quantitative estimate of drug-likeness (QED) is 0.542. The van der Waals surface area contributed by atoms with Crippen molar-refractivity contribution in [3.63, 3.8) is 0 Å². The van der Waals surface area contributed by atoms with Crippen molar-refractivity contribution in [3.05, 3.63) is 60.2 Å². The zero-order valence-electron chi connectivity index (χ0n) is 19.7. The van der Waals surface area contributed by atoms with Crippen molar-refractivity contribution in [3.8, 4) is 17.1 Å². The molecule has 1 amide bonds. The lowest BCUT2D eigenvalue weighted by atomic mass is 9.88. The number of rotatable bonds is 6. The Kier molecular flexibility index (Phi) is 6.79. The van der Waals surface area contributed by atoms with Gasteiger partial charge >= 0.3 is 6.01 Å². The number of benzene rings is 2. The van der Waals surface area contributed by atoms with Gasteiger partial charge < -0.3 is 19.1 Å². The number of piperidine rings is 2. The maximum absolute atomic E-state index is 13.1. The summed E-state index contributed by atoms with van der Waals surface area (Å²) in [5, 5.41) is 4.14. The highest BCUT2D eigenvalue weighted by atomic mass is 16.5. The van der Waals surface area contributed by atoms with E-state index in [-0.39, 0.29) is 5.92 Å². The van der Waals surface area contributed by atoms with Gasteiger partial charge in [0.2, 0.25) is 11.7 Å². The van der Waals surface area contributed by atoms with Gasteiger partial charge in [0.05, 0.1) is 7.11 Å². The highest BCUT2D eigenvalue weighted by Gasteiger charge is 2.32. The zero-order valence-corrected chi connectivity index (χ0v) is 19.7. The third-order valence-corrected chi connectivity index (χ3v) is 7.17. The van der Waals surface area contributed by atoms with Gasteiger partial charge in [-0.15, -0.1) is 0 Å². The molecule has 7 nitrogen and oxygen atoms in total. The molecule has 1 aromatic heterocycles. The maximum atomic E-state index is 13.1. The van der Waals surface area contributed by atoms with Crippen molar-refractivity contribution >= 4 is 11.9 Å². The fourth-order valence-corrected chi connectivity index (χ4v) is 5.08. The second kappa shape index (κ2) is 10.3. The van der Waals surface area contributed by atoms with Crippen LogP contribution in [0.25, 0.3) is 11.4 Å². The number of nitrogens with zero attached hydrogens (tertiary/aromatic N) is 4. The van der Waals surface area contributed by atoms with Gasteiger partial charge in [-0.1, -0.05) is 35.5 Å². The predicted octanol–water partition coefficient (Wildman–Crippen LogP) is 4.44. The number of amides is 1. The average Bonchev–Trinajstić information content (AvgIpc) is 3.40. The topological polar surface area (TPSA) is 71.7 Å². The van der Waals surface area contributed by atoms with Crippen molar-refractivity contribution in [2.45, 2.75) is 32.1 Å². The van der Waals surface area contributed by atoms with Gasteiger partial charge in [-0.3, -0.25) is 4.79 Å². The van der Waals surface area contributed by atoms with Crippen LogP contribution < -0.4 is 9.64 Å². The molecule has 3 aromatic rings. The Morgan fingerprint density at radius 2 is 1.68 bits per heavy atom. The normalized spacial score (nSPS) is 17.7. The number of hydrogen-bond acceptors (Lipinski definition) is 6. The van der Waals surface area contributed by atoms with E-state index in [9.17, 15) is 4.79 Å². The molecule has 2 aromatic carbocycles. The minimum atomic E-state index is 0.0888. The number of carbonyl (C=O) groups excluding carboxylic acids is 1. The molecule has 2 aliphatic heterocycles. The standard InChI is InChI=1S/C27H32N4O3/c1-33-24-9-7-22(8-10-24)25-28-27(34-29-25)31-17-13-23(14-18-31)26(32)30-15-11-21(12-16-30)19-20-5-3-2-4-6-20/h2-10,21,23H,11-19H2,1H3. The van der Waals surface area contributed by atoms with Crippen LogP contribution in [0, 0.1) is 11.8 Å². The molecule has 7 heteroatoms. The van der Waals surface area contributed by atoms with Crippen molar-refractivity contribution in [2.75, 3.05) is 38.2 Å². The summed E-state index contributed by atoms with van der Waals surface area (Å²) in [5.41, 5.74) is 2.28. The van der Waals surface area contributed by atoms with Crippen LogP contribution >= 0.6 is 0 Å². The molecule has 0 radical (unpaired) electrons. The molecule has 2 fully saturated rings. The van der Waals surface area contributed by atoms with E-state index < -0.39 is 0 Å². The molecular formula is C27H32N4O3. The number of ether oxygens (including phenoxy) is 1.